The van der Waals surface area contributed by atoms with Gasteiger partial charge in [-0.15, -0.1) is 0 Å². The van der Waals surface area contributed by atoms with Gasteiger partial charge in [0, 0.05) is 11.9 Å². The second kappa shape index (κ2) is 6.03. The lowest BCUT2D eigenvalue weighted by molar-refractivity contribution is -0.338. The van der Waals surface area contributed by atoms with Crippen LogP contribution in [-0.4, -0.2) is 23.5 Å². The Labute approximate surface area is 125 Å². The number of carbonyl (C=O) groups is 3. The highest BCUT2D eigenvalue weighted by molar-refractivity contribution is 6.02. The van der Waals surface area contributed by atoms with Crippen molar-refractivity contribution in [1.82, 2.24) is 0 Å². The van der Waals surface area contributed by atoms with E-state index in [1.165, 1.54) is 27.7 Å². The Morgan fingerprint density at radius 2 is 1.43 bits per heavy atom. The zero-order valence-electron chi connectivity index (χ0n) is 13.7. The molecule has 0 amide bonds. The highest BCUT2D eigenvalue weighted by Gasteiger charge is 2.53. The van der Waals surface area contributed by atoms with Crippen LogP contribution in [0.25, 0.3) is 0 Å². The molecule has 0 aliphatic rings. The van der Waals surface area contributed by atoms with Gasteiger partial charge in [-0.2, -0.15) is 0 Å². The molecule has 6 heteroatoms. The third-order valence-corrected chi connectivity index (χ3v) is 3.28. The van der Waals surface area contributed by atoms with Gasteiger partial charge in [0.05, 0.1) is 5.97 Å². The van der Waals surface area contributed by atoms with Crippen molar-refractivity contribution in [1.29, 1.82) is 0 Å². The van der Waals surface area contributed by atoms with Crippen LogP contribution in [0, 0.1) is 16.7 Å². The summed E-state index contributed by atoms with van der Waals surface area (Å²) >= 11 is 0. The maximum atomic E-state index is 12.4. The van der Waals surface area contributed by atoms with Gasteiger partial charge in [-0.3, -0.25) is 4.79 Å². The summed E-state index contributed by atoms with van der Waals surface area (Å²) in [4.78, 5) is 35.6. The second-order valence-electron chi connectivity index (χ2n) is 7.23. The van der Waals surface area contributed by atoms with Crippen molar-refractivity contribution in [2.45, 2.75) is 60.5 Å². The first-order valence-electron chi connectivity index (χ1n) is 6.86. The van der Waals surface area contributed by atoms with Crippen molar-refractivity contribution in [3.8, 4) is 0 Å². The summed E-state index contributed by atoms with van der Waals surface area (Å²) in [6, 6.07) is 0. The fourth-order valence-electron chi connectivity index (χ4n) is 2.47. The minimum absolute atomic E-state index is 0.264. The van der Waals surface area contributed by atoms with Crippen molar-refractivity contribution in [3.63, 3.8) is 0 Å². The fraction of sp³-hybridized carbons (Fsp3) is 0.800. The molecule has 0 aromatic heterocycles. The van der Waals surface area contributed by atoms with Crippen molar-refractivity contribution in [3.05, 3.63) is 0 Å². The van der Waals surface area contributed by atoms with Gasteiger partial charge in [0.2, 0.25) is 0 Å². The number of esters is 1. The molecular formula is C15H24O6-2. The normalized spacial score (nSPS) is 16.7. The summed E-state index contributed by atoms with van der Waals surface area (Å²) < 4.78 is 5.13. The van der Waals surface area contributed by atoms with Gasteiger partial charge in [0.1, 0.15) is 11.0 Å². The van der Waals surface area contributed by atoms with Gasteiger partial charge in [-0.1, -0.05) is 27.7 Å². The molecular weight excluding hydrogens is 276 g/mol. The highest BCUT2D eigenvalue weighted by atomic mass is 16.6. The van der Waals surface area contributed by atoms with Gasteiger partial charge in [0.15, 0.2) is 0 Å². The number of hydrogen-bond donors (Lipinski definition) is 0. The van der Waals surface area contributed by atoms with E-state index in [9.17, 15) is 24.6 Å². The van der Waals surface area contributed by atoms with Crippen molar-refractivity contribution in [2.75, 3.05) is 0 Å². The van der Waals surface area contributed by atoms with E-state index in [1.807, 2.05) is 0 Å². The minimum Gasteiger partial charge on any atom is -0.550 e. The SMILES string of the molecule is CCC(C(=O)[O-])(C(=O)OC(C)(C)C)C(C(=O)[O-])C(C)(C)C. The standard InChI is InChI=1S/C15H26O6/c1-8-15(11(18)19,12(20)21-14(5,6)7)9(10(16)17)13(2,3)4/h9H,8H2,1-7H3,(H,16,17)(H,18,19)/p-2. The van der Waals surface area contributed by atoms with Crippen molar-refractivity contribution < 1.29 is 29.3 Å². The number of rotatable bonds is 5. The van der Waals surface area contributed by atoms with E-state index < -0.39 is 40.3 Å². The summed E-state index contributed by atoms with van der Waals surface area (Å²) in [5, 5.41) is 23.2. The molecule has 0 N–H and O–H groups in total. The molecule has 0 radical (unpaired) electrons. The first kappa shape index (κ1) is 19.4. The van der Waals surface area contributed by atoms with Crippen LogP contribution in [0.4, 0.5) is 0 Å². The molecule has 0 aromatic carbocycles. The largest absolute Gasteiger partial charge is 0.550 e. The maximum absolute atomic E-state index is 12.4. The number of hydrogen-bond acceptors (Lipinski definition) is 6. The Bertz CT molecular complexity index is 426. The zero-order valence-corrected chi connectivity index (χ0v) is 13.7. The summed E-state index contributed by atoms with van der Waals surface area (Å²) in [5.41, 5.74) is -4.25. The van der Waals surface area contributed by atoms with Crippen LogP contribution >= 0.6 is 0 Å². The Morgan fingerprint density at radius 1 is 1.00 bits per heavy atom. The first-order valence-corrected chi connectivity index (χ1v) is 6.86. The predicted molar refractivity (Wildman–Crippen MR) is 71.5 cm³/mol. The molecule has 0 bridgehead atoms. The van der Waals surface area contributed by atoms with Crippen LogP contribution in [-0.2, 0) is 19.1 Å². The molecule has 2 unspecified atom stereocenters. The third kappa shape index (κ3) is 4.19. The van der Waals surface area contributed by atoms with Crippen LogP contribution in [0.5, 0.6) is 0 Å². The molecule has 0 fully saturated rings. The summed E-state index contributed by atoms with van der Waals surface area (Å²) in [5.74, 6) is -6.06. The van der Waals surface area contributed by atoms with Crippen LogP contribution in [0.1, 0.15) is 54.9 Å². The van der Waals surface area contributed by atoms with E-state index in [2.05, 4.69) is 0 Å². The lowest BCUT2D eigenvalue weighted by Crippen LogP contribution is -2.61. The summed E-state index contributed by atoms with van der Waals surface area (Å²) in [7, 11) is 0. The van der Waals surface area contributed by atoms with Crippen LogP contribution in [0.15, 0.2) is 0 Å². The molecule has 0 aliphatic carbocycles. The van der Waals surface area contributed by atoms with E-state index in [4.69, 9.17) is 4.74 Å². The minimum atomic E-state index is -2.29. The monoisotopic (exact) mass is 300 g/mol. The maximum Gasteiger partial charge on any atom is 0.319 e. The van der Waals surface area contributed by atoms with Crippen molar-refractivity contribution in [2.24, 2.45) is 16.7 Å². The molecule has 122 valence electrons. The molecule has 0 aliphatic heterocycles. The van der Waals surface area contributed by atoms with E-state index in [0.717, 1.165) is 0 Å². The molecule has 21 heavy (non-hydrogen) atoms. The molecule has 0 heterocycles. The average Bonchev–Trinajstić information content (AvgIpc) is 2.19. The van der Waals surface area contributed by atoms with Crippen LogP contribution < -0.4 is 10.2 Å². The van der Waals surface area contributed by atoms with E-state index >= 15 is 0 Å². The fourth-order valence-corrected chi connectivity index (χ4v) is 2.47. The van der Waals surface area contributed by atoms with Gasteiger partial charge in [-0.05, 0) is 32.6 Å². The molecule has 0 spiro atoms. The molecule has 0 rings (SSSR count). The zero-order chi connectivity index (χ0) is 17.2. The number of ether oxygens (including phenoxy) is 1. The van der Waals surface area contributed by atoms with E-state index in [0.29, 0.717) is 0 Å². The number of carboxylic acids is 2. The number of carboxylic acid groups (broad SMARTS) is 2. The van der Waals surface area contributed by atoms with Crippen molar-refractivity contribution >= 4 is 17.9 Å². The lowest BCUT2D eigenvalue weighted by Gasteiger charge is -2.46. The van der Waals surface area contributed by atoms with E-state index in [-0.39, 0.29) is 6.42 Å². The number of aliphatic carboxylic acids is 2. The summed E-state index contributed by atoms with van der Waals surface area (Å²) in [6.07, 6.45) is -0.264. The summed E-state index contributed by atoms with van der Waals surface area (Å²) in [6.45, 7) is 10.7. The smallest absolute Gasteiger partial charge is 0.319 e. The number of carbonyl (C=O) groups excluding carboxylic acids is 3. The Hall–Kier alpha value is -1.59. The van der Waals surface area contributed by atoms with E-state index in [1.54, 1.807) is 20.8 Å². The van der Waals surface area contributed by atoms with Crippen LogP contribution in [0.2, 0.25) is 0 Å². The van der Waals surface area contributed by atoms with Crippen LogP contribution in [0.3, 0.4) is 0 Å². The molecule has 0 saturated carbocycles. The van der Waals surface area contributed by atoms with Gasteiger partial charge >= 0.3 is 5.97 Å². The molecule has 6 nitrogen and oxygen atoms in total. The Balaban J connectivity index is 6.13. The third-order valence-electron chi connectivity index (χ3n) is 3.28. The Kier molecular flexibility index (Phi) is 5.58. The second-order valence-corrected chi connectivity index (χ2v) is 7.23. The van der Waals surface area contributed by atoms with Gasteiger partial charge < -0.3 is 24.5 Å². The lowest BCUT2D eigenvalue weighted by atomic mass is 9.62. The highest BCUT2D eigenvalue weighted by Crippen LogP contribution is 2.44. The molecule has 2 atom stereocenters. The topological polar surface area (TPSA) is 107 Å². The predicted octanol–water partition coefficient (Wildman–Crippen LogP) is -0.113. The molecule has 0 aromatic rings. The first-order chi connectivity index (χ1) is 9.20. The van der Waals surface area contributed by atoms with Gasteiger partial charge in [0.25, 0.3) is 0 Å². The average molecular weight is 300 g/mol. The molecule has 0 saturated heterocycles. The Morgan fingerprint density at radius 3 is 1.62 bits per heavy atom. The van der Waals surface area contributed by atoms with Gasteiger partial charge in [-0.25, -0.2) is 0 Å². The quantitative estimate of drug-likeness (QED) is 0.518.